The molecule has 2 atom stereocenters. The molecule has 0 radical (unpaired) electrons. The normalized spacial score (nSPS) is 13.3. The highest BCUT2D eigenvalue weighted by atomic mass is 16.4. The Balaban J connectivity index is 2.55. The average Bonchev–Trinajstić information content (AvgIpc) is 2.39. The highest BCUT2D eigenvalue weighted by molar-refractivity contribution is 5.76. The van der Waals surface area contributed by atoms with E-state index in [2.05, 4.69) is 5.32 Å². The molecule has 0 heterocycles. The van der Waals surface area contributed by atoms with E-state index in [4.69, 9.17) is 5.11 Å². The third kappa shape index (κ3) is 5.85. The SMILES string of the molecule is CCN(C(=O)NC(C)Cc1ccccc1)C(C)CC(=O)O. The van der Waals surface area contributed by atoms with Crippen LogP contribution in [-0.4, -0.2) is 40.6 Å². The minimum absolute atomic E-state index is 0.00835. The second kappa shape index (κ2) is 8.29. The largest absolute Gasteiger partial charge is 0.481 e. The predicted molar refractivity (Wildman–Crippen MR) is 82.2 cm³/mol. The Morgan fingerprint density at radius 2 is 1.86 bits per heavy atom. The highest BCUT2D eigenvalue weighted by Crippen LogP contribution is 2.07. The average molecular weight is 292 g/mol. The predicted octanol–water partition coefficient (Wildman–Crippen LogP) is 2.51. The molecular weight excluding hydrogens is 268 g/mol. The van der Waals surface area contributed by atoms with Crippen LogP contribution in [0.25, 0.3) is 0 Å². The van der Waals surface area contributed by atoms with Crippen molar-refractivity contribution in [2.24, 2.45) is 0 Å². The van der Waals surface area contributed by atoms with Crippen LogP contribution in [-0.2, 0) is 11.2 Å². The van der Waals surface area contributed by atoms with E-state index in [1.807, 2.05) is 44.2 Å². The molecule has 1 aromatic rings. The van der Waals surface area contributed by atoms with Gasteiger partial charge in [0.05, 0.1) is 6.42 Å². The van der Waals surface area contributed by atoms with Crippen LogP contribution in [0.2, 0.25) is 0 Å². The van der Waals surface area contributed by atoms with Gasteiger partial charge in [-0.05, 0) is 32.8 Å². The Kier molecular flexibility index (Phi) is 6.72. The molecule has 2 N–H and O–H groups in total. The summed E-state index contributed by atoms with van der Waals surface area (Å²) in [5.41, 5.74) is 1.16. The van der Waals surface area contributed by atoms with Crippen molar-refractivity contribution in [1.82, 2.24) is 10.2 Å². The van der Waals surface area contributed by atoms with Crippen molar-refractivity contribution < 1.29 is 14.7 Å². The number of hydrogen-bond donors (Lipinski definition) is 2. The standard InChI is InChI=1S/C16H24N2O3/c1-4-18(13(3)11-15(19)20)16(21)17-12(2)10-14-8-6-5-7-9-14/h5-9,12-13H,4,10-11H2,1-3H3,(H,17,21)(H,19,20). The lowest BCUT2D eigenvalue weighted by molar-refractivity contribution is -0.138. The molecule has 5 nitrogen and oxygen atoms in total. The molecule has 2 unspecified atom stereocenters. The summed E-state index contributed by atoms with van der Waals surface area (Å²) >= 11 is 0. The van der Waals surface area contributed by atoms with Crippen molar-refractivity contribution in [3.8, 4) is 0 Å². The Morgan fingerprint density at radius 3 is 2.38 bits per heavy atom. The van der Waals surface area contributed by atoms with Gasteiger partial charge in [0.15, 0.2) is 0 Å². The monoisotopic (exact) mass is 292 g/mol. The van der Waals surface area contributed by atoms with E-state index in [9.17, 15) is 9.59 Å². The maximum atomic E-state index is 12.2. The quantitative estimate of drug-likeness (QED) is 0.811. The molecule has 0 spiro atoms. The fraction of sp³-hybridized carbons (Fsp3) is 0.500. The minimum Gasteiger partial charge on any atom is -0.481 e. The van der Waals surface area contributed by atoms with E-state index in [0.717, 1.165) is 12.0 Å². The lowest BCUT2D eigenvalue weighted by Crippen LogP contribution is -2.48. The number of nitrogens with zero attached hydrogens (tertiary/aromatic N) is 1. The minimum atomic E-state index is -0.897. The van der Waals surface area contributed by atoms with Gasteiger partial charge in [-0.3, -0.25) is 4.79 Å². The second-order valence-electron chi connectivity index (χ2n) is 5.27. The van der Waals surface area contributed by atoms with Gasteiger partial charge in [0.25, 0.3) is 0 Å². The highest BCUT2D eigenvalue weighted by Gasteiger charge is 2.21. The number of hydrogen-bond acceptors (Lipinski definition) is 2. The summed E-state index contributed by atoms with van der Waals surface area (Å²) in [6, 6.07) is 9.39. The zero-order valence-corrected chi connectivity index (χ0v) is 12.9. The van der Waals surface area contributed by atoms with Gasteiger partial charge in [-0.2, -0.15) is 0 Å². The van der Waals surface area contributed by atoms with Crippen LogP contribution >= 0.6 is 0 Å². The molecule has 0 aliphatic rings. The van der Waals surface area contributed by atoms with Gasteiger partial charge in [-0.1, -0.05) is 30.3 Å². The van der Waals surface area contributed by atoms with Gasteiger partial charge in [-0.25, -0.2) is 4.79 Å². The fourth-order valence-corrected chi connectivity index (χ4v) is 2.33. The molecule has 21 heavy (non-hydrogen) atoms. The van der Waals surface area contributed by atoms with Gasteiger partial charge in [0.1, 0.15) is 0 Å². The molecular formula is C16H24N2O3. The summed E-state index contributed by atoms with van der Waals surface area (Å²) in [5.74, 6) is -0.897. The molecule has 0 saturated heterocycles. The molecule has 116 valence electrons. The van der Waals surface area contributed by atoms with Crippen LogP contribution < -0.4 is 5.32 Å². The first-order valence-corrected chi connectivity index (χ1v) is 7.26. The van der Waals surface area contributed by atoms with Crippen molar-refractivity contribution in [3.05, 3.63) is 35.9 Å². The molecule has 5 heteroatoms. The van der Waals surface area contributed by atoms with Gasteiger partial charge < -0.3 is 15.3 Å². The van der Waals surface area contributed by atoms with Crippen molar-refractivity contribution in [2.75, 3.05) is 6.54 Å². The number of rotatable bonds is 7. The Bertz CT molecular complexity index is 462. The number of carbonyl (C=O) groups is 2. The summed E-state index contributed by atoms with van der Waals surface area (Å²) in [5, 5.41) is 11.8. The first kappa shape index (κ1) is 17.0. The number of urea groups is 1. The van der Waals surface area contributed by atoms with Crippen LogP contribution in [0, 0.1) is 0 Å². The molecule has 0 aliphatic heterocycles. The summed E-state index contributed by atoms with van der Waals surface area (Å²) in [4.78, 5) is 24.5. The van der Waals surface area contributed by atoms with Crippen LogP contribution in [0.5, 0.6) is 0 Å². The van der Waals surface area contributed by atoms with Gasteiger partial charge in [-0.15, -0.1) is 0 Å². The Hall–Kier alpha value is -2.04. The van der Waals surface area contributed by atoms with Crippen LogP contribution in [0.1, 0.15) is 32.8 Å². The van der Waals surface area contributed by atoms with E-state index in [1.165, 1.54) is 0 Å². The number of benzene rings is 1. The number of nitrogens with one attached hydrogen (secondary N) is 1. The maximum absolute atomic E-state index is 12.2. The summed E-state index contributed by atoms with van der Waals surface area (Å²) in [6.07, 6.45) is 0.700. The molecule has 1 rings (SSSR count). The molecule has 0 saturated carbocycles. The van der Waals surface area contributed by atoms with E-state index < -0.39 is 5.97 Å². The fourth-order valence-electron chi connectivity index (χ4n) is 2.33. The first-order valence-electron chi connectivity index (χ1n) is 7.26. The number of carboxylic acid groups (broad SMARTS) is 1. The number of carboxylic acids is 1. The van der Waals surface area contributed by atoms with Crippen molar-refractivity contribution in [1.29, 1.82) is 0 Å². The number of carbonyl (C=O) groups excluding carboxylic acids is 1. The molecule has 2 amide bonds. The smallest absolute Gasteiger partial charge is 0.317 e. The van der Waals surface area contributed by atoms with Crippen LogP contribution in [0.4, 0.5) is 4.79 Å². The van der Waals surface area contributed by atoms with E-state index in [1.54, 1.807) is 11.8 Å². The van der Waals surface area contributed by atoms with Crippen LogP contribution in [0.3, 0.4) is 0 Å². The van der Waals surface area contributed by atoms with Crippen molar-refractivity contribution in [2.45, 2.75) is 45.7 Å². The van der Waals surface area contributed by atoms with E-state index in [0.29, 0.717) is 6.54 Å². The van der Waals surface area contributed by atoms with Crippen molar-refractivity contribution >= 4 is 12.0 Å². The lowest BCUT2D eigenvalue weighted by Gasteiger charge is -2.28. The summed E-state index contributed by atoms with van der Waals surface area (Å²) < 4.78 is 0. The van der Waals surface area contributed by atoms with Gasteiger partial charge >= 0.3 is 12.0 Å². The van der Waals surface area contributed by atoms with Crippen molar-refractivity contribution in [3.63, 3.8) is 0 Å². The topological polar surface area (TPSA) is 69.6 Å². The Morgan fingerprint density at radius 1 is 1.24 bits per heavy atom. The number of aliphatic carboxylic acids is 1. The molecule has 1 aromatic carbocycles. The zero-order chi connectivity index (χ0) is 15.8. The molecule has 0 aromatic heterocycles. The van der Waals surface area contributed by atoms with Crippen LogP contribution in [0.15, 0.2) is 30.3 Å². The third-order valence-corrected chi connectivity index (χ3v) is 3.36. The number of amides is 2. The van der Waals surface area contributed by atoms with Gasteiger partial charge in [0.2, 0.25) is 0 Å². The van der Waals surface area contributed by atoms with E-state index in [-0.39, 0.29) is 24.5 Å². The van der Waals surface area contributed by atoms with Gasteiger partial charge in [0, 0.05) is 18.6 Å². The van der Waals surface area contributed by atoms with E-state index >= 15 is 0 Å². The lowest BCUT2D eigenvalue weighted by atomic mass is 10.1. The molecule has 0 fully saturated rings. The summed E-state index contributed by atoms with van der Waals surface area (Å²) in [7, 11) is 0. The molecule has 0 aliphatic carbocycles. The first-order chi connectivity index (χ1) is 9.93. The molecule has 0 bridgehead atoms. The zero-order valence-electron chi connectivity index (χ0n) is 12.9. The third-order valence-electron chi connectivity index (χ3n) is 3.36. The Labute approximate surface area is 126 Å². The second-order valence-corrected chi connectivity index (χ2v) is 5.27. The maximum Gasteiger partial charge on any atom is 0.317 e. The summed E-state index contributed by atoms with van der Waals surface area (Å²) in [6.45, 7) is 6.03.